The maximum Gasteiger partial charge on any atom is 0.225 e. The first-order valence-electron chi connectivity index (χ1n) is 9.08. The third kappa shape index (κ3) is 4.04. The van der Waals surface area contributed by atoms with Crippen LogP contribution in [0.15, 0.2) is 12.1 Å². The molecule has 0 aliphatic carbocycles. The number of fused-ring (bicyclic) bond motifs is 1. The highest BCUT2D eigenvalue weighted by molar-refractivity contribution is 5.81. The number of carbonyl (C=O) groups is 2. The molecule has 2 aromatic rings. The molecular formula is C19H27N5O2. The van der Waals surface area contributed by atoms with Crippen LogP contribution < -0.4 is 11.1 Å². The number of imidazole rings is 1. The van der Waals surface area contributed by atoms with E-state index >= 15 is 0 Å². The first-order valence-corrected chi connectivity index (χ1v) is 9.08. The minimum atomic E-state index is -0.235. The van der Waals surface area contributed by atoms with Crippen molar-refractivity contribution in [2.75, 3.05) is 13.1 Å². The lowest BCUT2D eigenvalue weighted by Gasteiger charge is -2.23. The predicted octanol–water partition coefficient (Wildman–Crippen LogP) is 1.38. The molecule has 1 fully saturated rings. The van der Waals surface area contributed by atoms with E-state index in [1.807, 2.05) is 6.07 Å². The number of nitrogens with two attached hydrogens (primary N) is 1. The number of aromatic nitrogens is 2. The first-order chi connectivity index (χ1) is 12.3. The summed E-state index contributed by atoms with van der Waals surface area (Å²) in [5.74, 6) is 0.398. The molecule has 4 N–H and O–H groups in total. The van der Waals surface area contributed by atoms with Gasteiger partial charge in [-0.15, -0.1) is 0 Å². The number of H-pyrrole nitrogens is 1. The summed E-state index contributed by atoms with van der Waals surface area (Å²) in [7, 11) is 0. The average Bonchev–Trinajstić information content (AvgIpc) is 2.85. The fourth-order valence-corrected chi connectivity index (χ4v) is 3.41. The second-order valence-electron chi connectivity index (χ2n) is 7.31. The number of benzene rings is 1. The average molecular weight is 357 g/mol. The van der Waals surface area contributed by atoms with E-state index in [0.717, 1.165) is 23.3 Å². The zero-order chi connectivity index (χ0) is 18.8. The Bertz CT molecular complexity index is 790. The van der Waals surface area contributed by atoms with Crippen LogP contribution in [-0.4, -0.2) is 45.8 Å². The van der Waals surface area contributed by atoms with Crippen molar-refractivity contribution in [2.24, 2.45) is 11.7 Å². The maximum absolute atomic E-state index is 12.6. The fraction of sp³-hybridized carbons (Fsp3) is 0.526. The molecule has 0 bridgehead atoms. The van der Waals surface area contributed by atoms with Gasteiger partial charge in [-0.1, -0.05) is 0 Å². The molecule has 26 heavy (non-hydrogen) atoms. The number of nitrogens with zero attached hydrogens (tertiary/aromatic N) is 2. The van der Waals surface area contributed by atoms with Crippen molar-refractivity contribution in [3.63, 3.8) is 0 Å². The smallest absolute Gasteiger partial charge is 0.225 e. The van der Waals surface area contributed by atoms with E-state index < -0.39 is 0 Å². The van der Waals surface area contributed by atoms with Crippen molar-refractivity contribution < 1.29 is 9.59 Å². The monoisotopic (exact) mass is 357 g/mol. The molecule has 3 rings (SSSR count). The molecule has 2 atom stereocenters. The second kappa shape index (κ2) is 7.45. The van der Waals surface area contributed by atoms with Gasteiger partial charge in [0.05, 0.1) is 23.5 Å². The van der Waals surface area contributed by atoms with Crippen LogP contribution in [0.5, 0.6) is 0 Å². The Labute approximate surface area is 153 Å². The summed E-state index contributed by atoms with van der Waals surface area (Å²) in [6.45, 7) is 6.92. The minimum Gasteiger partial charge on any atom is -0.349 e. The summed E-state index contributed by atoms with van der Waals surface area (Å²) >= 11 is 0. The predicted molar refractivity (Wildman–Crippen MR) is 100 cm³/mol. The number of likely N-dealkylation sites (tertiary alicyclic amines) is 1. The van der Waals surface area contributed by atoms with E-state index in [2.05, 4.69) is 35.2 Å². The Balaban J connectivity index is 1.65. The molecule has 1 saturated heterocycles. The van der Waals surface area contributed by atoms with Gasteiger partial charge in [-0.25, -0.2) is 4.98 Å². The summed E-state index contributed by atoms with van der Waals surface area (Å²) in [6, 6.07) is 4.04. The zero-order valence-electron chi connectivity index (χ0n) is 15.6. The van der Waals surface area contributed by atoms with E-state index in [-0.39, 0.29) is 23.8 Å². The maximum atomic E-state index is 12.6. The van der Waals surface area contributed by atoms with Gasteiger partial charge in [-0.05, 0) is 49.9 Å². The van der Waals surface area contributed by atoms with Crippen molar-refractivity contribution in [3.8, 4) is 0 Å². The first kappa shape index (κ1) is 18.4. The summed E-state index contributed by atoms with van der Waals surface area (Å²) in [4.78, 5) is 33.8. The number of aromatic amines is 1. The Morgan fingerprint density at radius 2 is 2.00 bits per heavy atom. The van der Waals surface area contributed by atoms with Crippen LogP contribution in [0.25, 0.3) is 11.0 Å². The highest BCUT2D eigenvalue weighted by Gasteiger charge is 2.28. The van der Waals surface area contributed by atoms with E-state index in [4.69, 9.17) is 5.73 Å². The summed E-state index contributed by atoms with van der Waals surface area (Å²) in [5, 5.41) is 2.95. The van der Waals surface area contributed by atoms with E-state index in [0.29, 0.717) is 26.1 Å². The van der Waals surface area contributed by atoms with Gasteiger partial charge in [0.1, 0.15) is 5.82 Å². The van der Waals surface area contributed by atoms with Crippen molar-refractivity contribution in [2.45, 2.75) is 46.2 Å². The fourth-order valence-electron chi connectivity index (χ4n) is 3.41. The molecular weight excluding hydrogens is 330 g/mol. The highest BCUT2D eigenvalue weighted by atomic mass is 16.2. The number of aryl methyl sites for hydroxylation is 2. The zero-order valence-corrected chi connectivity index (χ0v) is 15.6. The van der Waals surface area contributed by atoms with Crippen LogP contribution >= 0.6 is 0 Å². The van der Waals surface area contributed by atoms with Crippen LogP contribution in [0.2, 0.25) is 0 Å². The number of amides is 2. The molecule has 1 aliphatic rings. The molecule has 7 nitrogen and oxygen atoms in total. The van der Waals surface area contributed by atoms with Gasteiger partial charge in [0.15, 0.2) is 0 Å². The standard InChI is InChI=1S/C19H27N5O2/c1-11-6-16-17(7-12(11)2)23-18(22-16)8-21-19(26)14-4-5-15(20)10-24(9-14)13(3)25/h6-7,14-15H,4-5,8-10,20H2,1-3H3,(H,21,26)(H,22,23)/t14-,15+/m1/s1. The number of hydrogen-bond donors (Lipinski definition) is 3. The molecule has 0 radical (unpaired) electrons. The van der Waals surface area contributed by atoms with E-state index in [1.54, 1.807) is 4.90 Å². The lowest BCUT2D eigenvalue weighted by Crippen LogP contribution is -2.42. The molecule has 0 spiro atoms. The molecule has 140 valence electrons. The van der Waals surface area contributed by atoms with Crippen molar-refractivity contribution in [1.29, 1.82) is 0 Å². The lowest BCUT2D eigenvalue weighted by molar-refractivity contribution is -0.131. The normalized spacial score (nSPS) is 20.8. The number of hydrogen-bond acceptors (Lipinski definition) is 4. The van der Waals surface area contributed by atoms with Crippen LogP contribution in [0.3, 0.4) is 0 Å². The molecule has 0 unspecified atom stereocenters. The van der Waals surface area contributed by atoms with Gasteiger partial charge < -0.3 is 20.9 Å². The number of nitrogens with one attached hydrogen (secondary N) is 2. The number of carbonyl (C=O) groups excluding carboxylic acids is 2. The van der Waals surface area contributed by atoms with E-state index in [1.165, 1.54) is 18.1 Å². The second-order valence-corrected chi connectivity index (χ2v) is 7.31. The van der Waals surface area contributed by atoms with E-state index in [9.17, 15) is 9.59 Å². The van der Waals surface area contributed by atoms with Crippen molar-refractivity contribution in [1.82, 2.24) is 20.2 Å². The Morgan fingerprint density at radius 3 is 2.73 bits per heavy atom. The van der Waals surface area contributed by atoms with Gasteiger partial charge in [-0.3, -0.25) is 9.59 Å². The summed E-state index contributed by atoms with van der Waals surface area (Å²) in [6.07, 6.45) is 1.43. The minimum absolute atomic E-state index is 0.0387. The topological polar surface area (TPSA) is 104 Å². The molecule has 2 heterocycles. The largest absolute Gasteiger partial charge is 0.349 e. The Kier molecular flexibility index (Phi) is 5.27. The van der Waals surface area contributed by atoms with Gasteiger partial charge >= 0.3 is 0 Å². The van der Waals surface area contributed by atoms with Crippen molar-refractivity contribution >= 4 is 22.8 Å². The molecule has 2 amide bonds. The quantitative estimate of drug-likeness (QED) is 0.772. The third-order valence-electron chi connectivity index (χ3n) is 5.17. The van der Waals surface area contributed by atoms with Crippen LogP contribution in [0.1, 0.15) is 36.7 Å². The van der Waals surface area contributed by atoms with Crippen LogP contribution in [0, 0.1) is 19.8 Å². The summed E-state index contributed by atoms with van der Waals surface area (Å²) < 4.78 is 0. The number of rotatable bonds is 3. The third-order valence-corrected chi connectivity index (χ3v) is 5.17. The van der Waals surface area contributed by atoms with Gasteiger partial charge in [0.2, 0.25) is 11.8 Å². The summed E-state index contributed by atoms with van der Waals surface area (Å²) in [5.41, 5.74) is 10.3. The molecule has 1 aliphatic heterocycles. The lowest BCUT2D eigenvalue weighted by atomic mass is 10.0. The molecule has 7 heteroatoms. The SMILES string of the molecule is CC(=O)N1C[C@@H](N)CC[C@@H](C(=O)NCc2nc3cc(C)c(C)cc3[nH]2)C1. The van der Waals surface area contributed by atoms with Crippen molar-refractivity contribution in [3.05, 3.63) is 29.1 Å². The van der Waals surface area contributed by atoms with Gasteiger partial charge in [-0.2, -0.15) is 0 Å². The molecule has 1 aromatic heterocycles. The van der Waals surface area contributed by atoms with Crippen LogP contribution in [0.4, 0.5) is 0 Å². The Hall–Kier alpha value is -2.41. The van der Waals surface area contributed by atoms with Gasteiger partial charge in [0.25, 0.3) is 0 Å². The highest BCUT2D eigenvalue weighted by Crippen LogP contribution is 2.18. The van der Waals surface area contributed by atoms with Gasteiger partial charge in [0, 0.05) is 26.1 Å². The molecule has 1 aromatic carbocycles. The Morgan fingerprint density at radius 1 is 1.27 bits per heavy atom. The molecule has 0 saturated carbocycles. The van der Waals surface area contributed by atoms with Crippen LogP contribution in [-0.2, 0) is 16.1 Å².